The number of hydrogen-bond donors (Lipinski definition) is 2. The molecular formula is C24H23ClMnN2O6. The van der Waals surface area contributed by atoms with Crippen molar-refractivity contribution >= 4 is 29.8 Å². The molecule has 0 unspecified atom stereocenters. The fraction of sp³-hybridized carbons (Fsp3) is 0.125. The molecule has 0 amide bonds. The SMILES string of the molecule is CC(=O)[O-].COc1cccc(C=Nc2ccccc2N=Cc2cccc(OC)c2O)c1O.[Cl-].[Mn+2]. The summed E-state index contributed by atoms with van der Waals surface area (Å²) in [5.74, 6) is -0.278. The summed E-state index contributed by atoms with van der Waals surface area (Å²) >= 11 is 0. The van der Waals surface area contributed by atoms with Gasteiger partial charge in [-0.3, -0.25) is 9.98 Å². The van der Waals surface area contributed by atoms with Crippen LogP contribution in [0.1, 0.15) is 18.1 Å². The quantitative estimate of drug-likeness (QED) is 0.354. The van der Waals surface area contributed by atoms with E-state index < -0.39 is 5.97 Å². The molecule has 0 aliphatic carbocycles. The van der Waals surface area contributed by atoms with E-state index in [-0.39, 0.29) is 41.0 Å². The summed E-state index contributed by atoms with van der Waals surface area (Å²) in [5, 5.41) is 29.3. The van der Waals surface area contributed by atoms with Gasteiger partial charge < -0.3 is 42.0 Å². The Morgan fingerprint density at radius 1 is 0.794 bits per heavy atom. The van der Waals surface area contributed by atoms with Crippen molar-refractivity contribution in [1.82, 2.24) is 0 Å². The Balaban J connectivity index is 0.00000168. The van der Waals surface area contributed by atoms with Gasteiger partial charge in [-0.15, -0.1) is 0 Å². The number of phenolic OH excluding ortho intramolecular Hbond substituents is 2. The van der Waals surface area contributed by atoms with Gasteiger partial charge in [-0.2, -0.15) is 0 Å². The van der Waals surface area contributed by atoms with Crippen molar-refractivity contribution in [2.75, 3.05) is 14.2 Å². The number of ether oxygens (including phenoxy) is 2. The number of hydrogen-bond acceptors (Lipinski definition) is 8. The molecule has 0 saturated heterocycles. The van der Waals surface area contributed by atoms with Crippen LogP contribution < -0.4 is 27.0 Å². The third-order valence-corrected chi connectivity index (χ3v) is 4.07. The molecule has 34 heavy (non-hydrogen) atoms. The van der Waals surface area contributed by atoms with Crippen LogP contribution in [0.5, 0.6) is 23.0 Å². The molecular weight excluding hydrogens is 503 g/mol. The van der Waals surface area contributed by atoms with Crippen LogP contribution in [0.25, 0.3) is 0 Å². The molecule has 0 fully saturated rings. The van der Waals surface area contributed by atoms with Crippen LogP contribution in [0.15, 0.2) is 70.6 Å². The largest absolute Gasteiger partial charge is 2.00 e. The maximum absolute atomic E-state index is 10.2. The molecule has 0 atom stereocenters. The molecule has 8 nitrogen and oxygen atoms in total. The number of nitrogens with zero attached hydrogens (tertiary/aromatic N) is 2. The Labute approximate surface area is 214 Å². The van der Waals surface area contributed by atoms with Crippen molar-refractivity contribution < 1.29 is 59.1 Å². The van der Waals surface area contributed by atoms with Crippen molar-refractivity contribution in [3.8, 4) is 23.0 Å². The maximum Gasteiger partial charge on any atom is 2.00 e. The molecule has 3 aromatic rings. The molecule has 0 aliphatic rings. The zero-order chi connectivity index (χ0) is 23.5. The molecule has 0 aromatic heterocycles. The first-order valence-corrected chi connectivity index (χ1v) is 9.44. The van der Waals surface area contributed by atoms with E-state index in [1.165, 1.54) is 14.2 Å². The maximum atomic E-state index is 10.2. The van der Waals surface area contributed by atoms with Crippen LogP contribution in [-0.2, 0) is 21.9 Å². The number of carbonyl (C=O) groups is 1. The number of rotatable bonds is 6. The number of halogens is 1. The Morgan fingerprint density at radius 2 is 1.15 bits per heavy atom. The number of carboxylic acids is 1. The first-order valence-electron chi connectivity index (χ1n) is 9.44. The van der Waals surface area contributed by atoms with Gasteiger partial charge in [0.15, 0.2) is 23.0 Å². The van der Waals surface area contributed by atoms with Gasteiger partial charge in [0.05, 0.1) is 25.6 Å². The predicted octanol–water partition coefficient (Wildman–Crippen LogP) is 0.374. The number of aliphatic carboxylic acids is 1. The van der Waals surface area contributed by atoms with E-state index in [0.29, 0.717) is 34.0 Å². The smallest absolute Gasteiger partial charge is 1.00 e. The van der Waals surface area contributed by atoms with Gasteiger partial charge >= 0.3 is 17.1 Å². The summed E-state index contributed by atoms with van der Waals surface area (Å²) in [7, 11) is 2.99. The molecule has 0 bridgehead atoms. The van der Waals surface area contributed by atoms with Crippen molar-refractivity contribution in [3.63, 3.8) is 0 Å². The first kappa shape index (κ1) is 30.5. The number of methoxy groups -OCH3 is 2. The minimum absolute atomic E-state index is 0. The number of carbonyl (C=O) groups excluding carboxylic acids is 1. The topological polar surface area (TPSA) is 124 Å². The van der Waals surface area contributed by atoms with E-state index in [1.54, 1.807) is 48.8 Å². The first-order chi connectivity index (χ1) is 15.4. The second kappa shape index (κ2) is 15.3. The van der Waals surface area contributed by atoms with Crippen LogP contribution in [0.4, 0.5) is 11.4 Å². The van der Waals surface area contributed by atoms with Gasteiger partial charge in [0.25, 0.3) is 0 Å². The third-order valence-electron chi connectivity index (χ3n) is 4.07. The predicted molar refractivity (Wildman–Crippen MR) is 121 cm³/mol. The van der Waals surface area contributed by atoms with Gasteiger partial charge in [-0.1, -0.05) is 24.3 Å². The van der Waals surface area contributed by atoms with E-state index >= 15 is 0 Å². The molecule has 179 valence electrons. The van der Waals surface area contributed by atoms with Crippen LogP contribution in [0, 0.1) is 0 Å². The number of carboxylic acid groups (broad SMARTS) is 1. The molecule has 0 heterocycles. The molecule has 0 aliphatic heterocycles. The molecule has 3 aromatic carbocycles. The van der Waals surface area contributed by atoms with Crippen LogP contribution in [-0.4, -0.2) is 42.8 Å². The Hall–Kier alpha value is -3.52. The average molecular weight is 526 g/mol. The Bertz CT molecular complexity index is 1050. The normalized spacial score (nSPS) is 9.97. The Morgan fingerprint density at radius 3 is 1.47 bits per heavy atom. The second-order valence-corrected chi connectivity index (χ2v) is 6.29. The number of aliphatic imine (C=N–C) groups is 2. The van der Waals surface area contributed by atoms with E-state index in [2.05, 4.69) is 9.98 Å². The minimum atomic E-state index is -1.08. The monoisotopic (exact) mass is 525 g/mol. The van der Waals surface area contributed by atoms with E-state index in [4.69, 9.17) is 19.4 Å². The standard InChI is InChI=1S/C22H20N2O4.C2H4O2.ClH.Mn/c1-27-19-11-5-7-15(21(19)25)13-23-17-9-3-4-10-18(17)24-14-16-8-6-12-20(28-2)22(16)26;1-2(3)4;;/h3-14,25-26H,1-2H3;1H3,(H,3,4);1H;/q;;;+2/p-2. The molecule has 2 N–H and O–H groups in total. The van der Waals surface area contributed by atoms with E-state index in [1.807, 2.05) is 24.3 Å². The zero-order valence-electron chi connectivity index (χ0n) is 18.6. The van der Waals surface area contributed by atoms with E-state index in [0.717, 1.165) is 6.92 Å². The molecule has 10 heteroatoms. The van der Waals surface area contributed by atoms with Gasteiger partial charge in [-0.25, -0.2) is 0 Å². The van der Waals surface area contributed by atoms with Crippen LogP contribution in [0.3, 0.4) is 0 Å². The minimum Gasteiger partial charge on any atom is -1.00 e. The molecule has 0 spiro atoms. The Kier molecular flexibility index (Phi) is 13.8. The van der Waals surface area contributed by atoms with Gasteiger partial charge in [0.2, 0.25) is 0 Å². The third kappa shape index (κ3) is 8.78. The fourth-order valence-electron chi connectivity index (χ4n) is 2.58. The number of para-hydroxylation sites is 4. The summed E-state index contributed by atoms with van der Waals surface area (Å²) in [6, 6.07) is 17.7. The van der Waals surface area contributed by atoms with Crippen molar-refractivity contribution in [3.05, 3.63) is 71.8 Å². The van der Waals surface area contributed by atoms with Crippen LogP contribution in [0.2, 0.25) is 0 Å². The van der Waals surface area contributed by atoms with E-state index in [9.17, 15) is 10.2 Å². The summed E-state index contributed by atoms with van der Waals surface area (Å²) in [6.45, 7) is 0.972. The molecule has 3 rings (SSSR count). The van der Waals surface area contributed by atoms with Crippen molar-refractivity contribution in [1.29, 1.82) is 0 Å². The van der Waals surface area contributed by atoms with Crippen LogP contribution >= 0.6 is 0 Å². The number of aromatic hydroxyl groups is 2. The summed E-state index contributed by atoms with van der Waals surface area (Å²) < 4.78 is 10.2. The number of phenols is 2. The van der Waals surface area contributed by atoms with Gasteiger partial charge in [0, 0.05) is 29.5 Å². The van der Waals surface area contributed by atoms with Gasteiger partial charge in [-0.05, 0) is 43.3 Å². The average Bonchev–Trinajstić information content (AvgIpc) is 2.78. The fourth-order valence-corrected chi connectivity index (χ4v) is 2.58. The summed E-state index contributed by atoms with van der Waals surface area (Å²) in [4.78, 5) is 17.8. The summed E-state index contributed by atoms with van der Waals surface area (Å²) in [6.07, 6.45) is 3.10. The summed E-state index contributed by atoms with van der Waals surface area (Å²) in [5.41, 5.74) is 2.29. The molecule has 1 radical (unpaired) electrons. The zero-order valence-corrected chi connectivity index (χ0v) is 20.5. The van der Waals surface area contributed by atoms with Gasteiger partial charge in [0.1, 0.15) is 0 Å². The second-order valence-electron chi connectivity index (χ2n) is 6.29. The number of benzene rings is 3. The van der Waals surface area contributed by atoms with Crippen molar-refractivity contribution in [2.45, 2.75) is 6.92 Å². The van der Waals surface area contributed by atoms with Crippen molar-refractivity contribution in [2.24, 2.45) is 9.98 Å². The molecule has 0 saturated carbocycles.